The second kappa shape index (κ2) is 7.58. The molecule has 20 heavy (non-hydrogen) atoms. The van der Waals surface area contributed by atoms with Crippen LogP contribution in [0.3, 0.4) is 0 Å². The van der Waals surface area contributed by atoms with E-state index >= 15 is 0 Å². The van der Waals surface area contributed by atoms with Gasteiger partial charge in [-0.2, -0.15) is 0 Å². The van der Waals surface area contributed by atoms with Crippen LogP contribution in [0.5, 0.6) is 0 Å². The lowest BCUT2D eigenvalue weighted by molar-refractivity contribution is -0.0292. The highest BCUT2D eigenvalue weighted by molar-refractivity contribution is 5.37. The Balaban J connectivity index is 3.25. The molecular formula is C16H29N3O. The zero-order valence-electron chi connectivity index (χ0n) is 13.8. The third kappa shape index (κ3) is 3.92. The lowest BCUT2D eigenvalue weighted by Crippen LogP contribution is -2.30. The fourth-order valence-corrected chi connectivity index (χ4v) is 2.44. The van der Waals surface area contributed by atoms with Gasteiger partial charge in [0.05, 0.1) is 0 Å². The molecule has 0 aliphatic heterocycles. The maximum Gasteiger partial charge on any atom is 0.162 e. The zero-order chi connectivity index (χ0) is 15.2. The summed E-state index contributed by atoms with van der Waals surface area (Å²) in [5.74, 6) is 2.28. The van der Waals surface area contributed by atoms with Crippen LogP contribution in [0.4, 0.5) is 5.82 Å². The molecule has 1 rings (SSSR count). The Morgan fingerprint density at radius 2 is 1.85 bits per heavy atom. The van der Waals surface area contributed by atoms with E-state index in [0.29, 0.717) is 5.92 Å². The van der Waals surface area contributed by atoms with Gasteiger partial charge in [-0.05, 0) is 32.1 Å². The standard InChI is InChI=1S/C16H29N3O/c1-7-16(8-2,20-6)15-18-13(10-12(4)5)11-14(19-15)17-9-3/h11-12H,7-10H2,1-6H3,(H,17,18,19). The molecular weight excluding hydrogens is 250 g/mol. The molecule has 0 unspecified atom stereocenters. The zero-order valence-corrected chi connectivity index (χ0v) is 13.8. The largest absolute Gasteiger partial charge is 0.370 e. The molecule has 0 spiro atoms. The van der Waals surface area contributed by atoms with Crippen molar-refractivity contribution >= 4 is 5.82 Å². The van der Waals surface area contributed by atoms with Crippen LogP contribution in [-0.2, 0) is 16.8 Å². The second-order valence-corrected chi connectivity index (χ2v) is 5.60. The number of hydrogen-bond donors (Lipinski definition) is 1. The molecule has 0 amide bonds. The van der Waals surface area contributed by atoms with Crippen LogP contribution in [-0.4, -0.2) is 23.6 Å². The Morgan fingerprint density at radius 1 is 1.20 bits per heavy atom. The minimum absolute atomic E-state index is 0.378. The summed E-state index contributed by atoms with van der Waals surface area (Å²) < 4.78 is 5.76. The van der Waals surface area contributed by atoms with Gasteiger partial charge in [-0.3, -0.25) is 0 Å². The van der Waals surface area contributed by atoms with E-state index in [2.05, 4.69) is 51.0 Å². The summed E-state index contributed by atoms with van der Waals surface area (Å²) in [5, 5.41) is 3.30. The van der Waals surface area contributed by atoms with Crippen molar-refractivity contribution < 1.29 is 4.74 Å². The van der Waals surface area contributed by atoms with Crippen molar-refractivity contribution in [3.63, 3.8) is 0 Å². The Kier molecular flexibility index (Phi) is 6.40. The molecule has 0 atom stereocenters. The van der Waals surface area contributed by atoms with E-state index in [0.717, 1.165) is 43.1 Å². The fraction of sp³-hybridized carbons (Fsp3) is 0.750. The summed E-state index contributed by atoms with van der Waals surface area (Å²) in [4.78, 5) is 9.43. The van der Waals surface area contributed by atoms with Crippen molar-refractivity contribution in [2.45, 2.75) is 59.5 Å². The minimum atomic E-state index is -0.378. The Morgan fingerprint density at radius 3 is 2.30 bits per heavy atom. The molecule has 1 aromatic heterocycles. The van der Waals surface area contributed by atoms with Crippen LogP contribution in [0.15, 0.2) is 6.07 Å². The van der Waals surface area contributed by atoms with Gasteiger partial charge >= 0.3 is 0 Å². The molecule has 1 heterocycles. The molecule has 0 aliphatic carbocycles. The van der Waals surface area contributed by atoms with Crippen LogP contribution >= 0.6 is 0 Å². The maximum atomic E-state index is 5.76. The van der Waals surface area contributed by atoms with Crippen molar-refractivity contribution in [1.82, 2.24) is 9.97 Å². The predicted octanol–water partition coefficient (Wildman–Crippen LogP) is 3.77. The molecule has 114 valence electrons. The third-order valence-corrected chi connectivity index (χ3v) is 3.69. The molecule has 1 aromatic rings. The van der Waals surface area contributed by atoms with E-state index < -0.39 is 0 Å². The lowest BCUT2D eigenvalue weighted by atomic mass is 9.95. The normalized spacial score (nSPS) is 11.9. The van der Waals surface area contributed by atoms with E-state index in [1.165, 1.54) is 0 Å². The van der Waals surface area contributed by atoms with E-state index in [1.807, 2.05) is 0 Å². The monoisotopic (exact) mass is 279 g/mol. The van der Waals surface area contributed by atoms with Gasteiger partial charge in [0.15, 0.2) is 5.82 Å². The van der Waals surface area contributed by atoms with Crippen LogP contribution in [0.1, 0.15) is 59.0 Å². The average Bonchev–Trinajstić information content (AvgIpc) is 2.41. The first-order valence-electron chi connectivity index (χ1n) is 7.68. The number of rotatable bonds is 8. The first-order valence-corrected chi connectivity index (χ1v) is 7.68. The summed E-state index contributed by atoms with van der Waals surface area (Å²) in [6, 6.07) is 2.05. The molecule has 4 heteroatoms. The SMILES string of the molecule is CCNc1cc(CC(C)C)nc(C(CC)(CC)OC)n1. The Hall–Kier alpha value is -1.16. The van der Waals surface area contributed by atoms with Crippen LogP contribution < -0.4 is 5.32 Å². The van der Waals surface area contributed by atoms with Crippen LogP contribution in [0.2, 0.25) is 0 Å². The molecule has 0 aromatic carbocycles. The first kappa shape index (κ1) is 16.9. The number of nitrogens with zero attached hydrogens (tertiary/aromatic N) is 2. The number of aromatic nitrogens is 2. The predicted molar refractivity (Wildman–Crippen MR) is 84.0 cm³/mol. The lowest BCUT2D eigenvalue weighted by Gasteiger charge is -2.29. The van der Waals surface area contributed by atoms with Gasteiger partial charge in [0.2, 0.25) is 0 Å². The number of methoxy groups -OCH3 is 1. The van der Waals surface area contributed by atoms with Crippen molar-refractivity contribution in [2.75, 3.05) is 19.0 Å². The van der Waals surface area contributed by atoms with Gasteiger partial charge in [-0.1, -0.05) is 27.7 Å². The summed E-state index contributed by atoms with van der Waals surface area (Å²) >= 11 is 0. The average molecular weight is 279 g/mol. The van der Waals surface area contributed by atoms with Gasteiger partial charge in [0.25, 0.3) is 0 Å². The number of ether oxygens (including phenoxy) is 1. The smallest absolute Gasteiger partial charge is 0.162 e. The maximum absolute atomic E-state index is 5.76. The summed E-state index contributed by atoms with van der Waals surface area (Å²) in [6.07, 6.45) is 2.70. The summed E-state index contributed by atoms with van der Waals surface area (Å²) in [6.45, 7) is 11.6. The van der Waals surface area contributed by atoms with Crippen LogP contribution in [0.25, 0.3) is 0 Å². The van der Waals surface area contributed by atoms with E-state index in [-0.39, 0.29) is 5.60 Å². The van der Waals surface area contributed by atoms with E-state index in [4.69, 9.17) is 9.72 Å². The second-order valence-electron chi connectivity index (χ2n) is 5.60. The number of hydrogen-bond acceptors (Lipinski definition) is 4. The number of anilines is 1. The highest BCUT2D eigenvalue weighted by Crippen LogP contribution is 2.31. The first-order chi connectivity index (χ1) is 9.51. The van der Waals surface area contributed by atoms with Crippen molar-refractivity contribution in [2.24, 2.45) is 5.92 Å². The molecule has 4 nitrogen and oxygen atoms in total. The van der Waals surface area contributed by atoms with Crippen molar-refractivity contribution in [3.8, 4) is 0 Å². The van der Waals surface area contributed by atoms with Gasteiger partial charge in [-0.15, -0.1) is 0 Å². The number of nitrogens with one attached hydrogen (secondary N) is 1. The topological polar surface area (TPSA) is 47.0 Å². The Labute approximate surface area is 123 Å². The van der Waals surface area contributed by atoms with Gasteiger partial charge < -0.3 is 10.1 Å². The highest BCUT2D eigenvalue weighted by Gasteiger charge is 2.32. The van der Waals surface area contributed by atoms with Crippen LogP contribution in [0, 0.1) is 5.92 Å². The summed E-state index contributed by atoms with van der Waals surface area (Å²) in [7, 11) is 1.75. The Bertz CT molecular complexity index is 406. The van der Waals surface area contributed by atoms with Gasteiger partial charge in [0.1, 0.15) is 11.4 Å². The molecule has 0 saturated heterocycles. The quantitative estimate of drug-likeness (QED) is 0.787. The van der Waals surface area contributed by atoms with Gasteiger partial charge in [-0.25, -0.2) is 9.97 Å². The molecule has 0 fully saturated rings. The third-order valence-electron chi connectivity index (χ3n) is 3.69. The van der Waals surface area contributed by atoms with E-state index in [1.54, 1.807) is 7.11 Å². The van der Waals surface area contributed by atoms with Crippen molar-refractivity contribution in [1.29, 1.82) is 0 Å². The molecule has 0 bridgehead atoms. The highest BCUT2D eigenvalue weighted by atomic mass is 16.5. The van der Waals surface area contributed by atoms with E-state index in [9.17, 15) is 0 Å². The van der Waals surface area contributed by atoms with Gasteiger partial charge in [0, 0.05) is 25.4 Å². The fourth-order valence-electron chi connectivity index (χ4n) is 2.44. The summed E-state index contributed by atoms with van der Waals surface area (Å²) in [5.41, 5.74) is 0.709. The minimum Gasteiger partial charge on any atom is -0.370 e. The molecule has 0 radical (unpaired) electrons. The molecule has 1 N–H and O–H groups in total. The molecule has 0 aliphatic rings. The van der Waals surface area contributed by atoms with Crippen molar-refractivity contribution in [3.05, 3.63) is 17.6 Å². The molecule has 0 saturated carbocycles.